The molecule has 1 aliphatic heterocycles. The summed E-state index contributed by atoms with van der Waals surface area (Å²) in [5.41, 5.74) is 0. The van der Waals surface area contributed by atoms with E-state index in [2.05, 4.69) is 75.4 Å². The van der Waals surface area contributed by atoms with E-state index in [0.29, 0.717) is 17.8 Å². The van der Waals surface area contributed by atoms with Crippen molar-refractivity contribution in [1.29, 1.82) is 0 Å². The molecule has 4 nitrogen and oxygen atoms in total. The third-order valence-electron chi connectivity index (χ3n) is 8.14. The smallest absolute Gasteiger partial charge is 0.191 e. The highest BCUT2D eigenvalue weighted by Crippen LogP contribution is 2.39. The molecule has 1 fully saturated rings. The largest absolute Gasteiger partial charge is 0.417 e. The Morgan fingerprint density at radius 2 is 1.53 bits per heavy atom. The second kappa shape index (κ2) is 11.7. The molecule has 1 aliphatic rings. The Hall–Kier alpha value is 0.0569. The van der Waals surface area contributed by atoms with Crippen molar-refractivity contribution in [3.8, 4) is 0 Å². The highest BCUT2D eigenvalue weighted by molar-refractivity contribution is 6.74. The van der Waals surface area contributed by atoms with Crippen LogP contribution in [0.15, 0.2) is 0 Å². The van der Waals surface area contributed by atoms with Crippen LogP contribution in [0.4, 0.5) is 0 Å². The lowest BCUT2D eigenvalue weighted by Gasteiger charge is -2.47. The van der Waals surface area contributed by atoms with Gasteiger partial charge in [0.1, 0.15) is 0 Å². The molecule has 0 unspecified atom stereocenters. The van der Waals surface area contributed by atoms with Crippen molar-refractivity contribution in [2.45, 2.75) is 138 Å². The van der Waals surface area contributed by atoms with E-state index in [1.807, 2.05) is 13.8 Å². The molecule has 1 heterocycles. The van der Waals surface area contributed by atoms with Crippen molar-refractivity contribution in [2.24, 2.45) is 29.6 Å². The molecule has 0 bridgehead atoms. The van der Waals surface area contributed by atoms with Gasteiger partial charge in [-0.25, -0.2) is 0 Å². The van der Waals surface area contributed by atoms with Crippen molar-refractivity contribution < 1.29 is 19.0 Å². The summed E-state index contributed by atoms with van der Waals surface area (Å²) in [6.07, 6.45) is 3.03. The van der Waals surface area contributed by atoms with Crippen LogP contribution < -0.4 is 0 Å². The molecular formula is C27H56O4Si. The van der Waals surface area contributed by atoms with Crippen molar-refractivity contribution >= 4 is 8.32 Å². The third kappa shape index (κ3) is 8.37. The van der Waals surface area contributed by atoms with Crippen LogP contribution in [0.1, 0.15) is 95.4 Å². The van der Waals surface area contributed by atoms with Crippen LogP contribution in [0.25, 0.3) is 0 Å². The number of aliphatic hydroxyl groups excluding tert-OH is 1. The first kappa shape index (κ1) is 30.1. The SMILES string of the molecule is CC[C@@H]1OC(C)(C)O[C@@H]([C@H](C)C[C@@H](C)[C@@H](O)[C@H](C)C[C@@H](C)CO[Si](C)(C)C(C)(C)C)[C@@H]1C. The zero-order valence-corrected chi connectivity index (χ0v) is 24.6. The second-order valence-corrected chi connectivity index (χ2v) is 17.8. The Balaban J connectivity index is 2.62. The van der Waals surface area contributed by atoms with Crippen LogP contribution in [0, 0.1) is 29.6 Å². The third-order valence-corrected chi connectivity index (χ3v) is 12.6. The molecule has 8 atom stereocenters. The molecule has 1 N–H and O–H groups in total. The number of hydrogen-bond acceptors (Lipinski definition) is 4. The molecule has 0 amide bonds. The zero-order valence-electron chi connectivity index (χ0n) is 23.6. The first-order valence-corrected chi connectivity index (χ1v) is 16.0. The molecule has 0 spiro atoms. The minimum absolute atomic E-state index is 0.158. The summed E-state index contributed by atoms with van der Waals surface area (Å²) in [5.74, 6) is 1.12. The topological polar surface area (TPSA) is 47.9 Å². The predicted octanol–water partition coefficient (Wildman–Crippen LogP) is 7.26. The number of rotatable bonds is 11. The maximum atomic E-state index is 11.1. The lowest BCUT2D eigenvalue weighted by molar-refractivity contribution is -0.327. The number of hydrogen-bond donors (Lipinski definition) is 1. The highest BCUT2D eigenvalue weighted by atomic mass is 28.4. The molecule has 0 saturated carbocycles. The lowest BCUT2D eigenvalue weighted by Crippen LogP contribution is -2.52. The number of aliphatic hydroxyl groups is 1. The average Bonchev–Trinajstić information content (AvgIpc) is 2.66. The summed E-state index contributed by atoms with van der Waals surface area (Å²) >= 11 is 0. The summed E-state index contributed by atoms with van der Waals surface area (Å²) in [6, 6.07) is 0. The summed E-state index contributed by atoms with van der Waals surface area (Å²) in [4.78, 5) is 0. The van der Waals surface area contributed by atoms with Gasteiger partial charge in [-0.05, 0) is 74.9 Å². The molecule has 0 aromatic heterocycles. The maximum Gasteiger partial charge on any atom is 0.191 e. The van der Waals surface area contributed by atoms with Gasteiger partial charge in [0.05, 0.1) is 18.3 Å². The van der Waals surface area contributed by atoms with E-state index in [4.69, 9.17) is 13.9 Å². The van der Waals surface area contributed by atoms with Crippen LogP contribution in [-0.2, 0) is 13.9 Å². The summed E-state index contributed by atoms with van der Waals surface area (Å²) in [6.45, 7) is 29.7. The van der Waals surface area contributed by atoms with Crippen LogP contribution in [0.5, 0.6) is 0 Å². The van der Waals surface area contributed by atoms with Crippen molar-refractivity contribution in [2.75, 3.05) is 6.61 Å². The van der Waals surface area contributed by atoms with Gasteiger partial charge < -0.3 is 19.0 Å². The Labute approximate surface area is 201 Å². The normalized spacial score (nSPS) is 29.2. The minimum Gasteiger partial charge on any atom is -0.417 e. The van der Waals surface area contributed by atoms with Gasteiger partial charge in [0.25, 0.3) is 0 Å². The van der Waals surface area contributed by atoms with Gasteiger partial charge in [-0.1, -0.05) is 62.3 Å². The fourth-order valence-electron chi connectivity index (χ4n) is 5.07. The molecule has 5 heteroatoms. The Bertz CT molecular complexity index is 556. The second-order valence-electron chi connectivity index (χ2n) is 13.0. The Morgan fingerprint density at radius 1 is 1.00 bits per heavy atom. The monoisotopic (exact) mass is 472 g/mol. The van der Waals surface area contributed by atoms with Gasteiger partial charge >= 0.3 is 0 Å². The predicted molar refractivity (Wildman–Crippen MR) is 138 cm³/mol. The van der Waals surface area contributed by atoms with E-state index >= 15 is 0 Å². The molecule has 0 aromatic carbocycles. The van der Waals surface area contributed by atoms with Crippen molar-refractivity contribution in [3.05, 3.63) is 0 Å². The standard InChI is InChI=1S/C27H56O4Si/c1-14-23-22(6)25(31-27(10,11)30-23)21(5)16-20(4)24(28)19(3)15-18(2)17-29-32(12,13)26(7,8)9/h18-25,28H,14-17H2,1-13H3/t18-,19-,20-,21-,22-,23+,24+,25+/m1/s1. The summed E-state index contributed by atoms with van der Waals surface area (Å²) < 4.78 is 18.9. The van der Waals surface area contributed by atoms with E-state index in [1.165, 1.54) is 0 Å². The molecule has 32 heavy (non-hydrogen) atoms. The van der Waals surface area contributed by atoms with Crippen molar-refractivity contribution in [3.63, 3.8) is 0 Å². The van der Waals surface area contributed by atoms with Crippen LogP contribution in [0.3, 0.4) is 0 Å². The first-order chi connectivity index (χ1) is 14.4. The molecule has 0 aromatic rings. The van der Waals surface area contributed by atoms with E-state index in [9.17, 15) is 5.11 Å². The summed E-state index contributed by atoms with van der Waals surface area (Å²) in [5, 5.41) is 11.3. The van der Waals surface area contributed by atoms with Crippen molar-refractivity contribution in [1.82, 2.24) is 0 Å². The van der Waals surface area contributed by atoms with E-state index < -0.39 is 14.1 Å². The Kier molecular flexibility index (Phi) is 11.0. The highest BCUT2D eigenvalue weighted by Gasteiger charge is 2.43. The molecule has 0 aliphatic carbocycles. The van der Waals surface area contributed by atoms with E-state index in [-0.39, 0.29) is 35.2 Å². The Morgan fingerprint density at radius 3 is 2.03 bits per heavy atom. The molecular weight excluding hydrogens is 416 g/mol. The first-order valence-electron chi connectivity index (χ1n) is 13.1. The lowest BCUT2D eigenvalue weighted by atomic mass is 9.78. The number of ether oxygens (including phenoxy) is 2. The van der Waals surface area contributed by atoms with Gasteiger partial charge in [-0.2, -0.15) is 0 Å². The van der Waals surface area contributed by atoms with Gasteiger partial charge in [-0.15, -0.1) is 0 Å². The average molecular weight is 473 g/mol. The molecule has 1 rings (SSSR count). The fraction of sp³-hybridized carbons (Fsp3) is 1.00. The summed E-state index contributed by atoms with van der Waals surface area (Å²) in [7, 11) is -1.72. The van der Waals surface area contributed by atoms with E-state index in [0.717, 1.165) is 25.9 Å². The van der Waals surface area contributed by atoms with Gasteiger partial charge in [-0.3, -0.25) is 0 Å². The molecule has 0 radical (unpaired) electrons. The van der Waals surface area contributed by atoms with Crippen LogP contribution >= 0.6 is 0 Å². The maximum absolute atomic E-state index is 11.1. The van der Waals surface area contributed by atoms with E-state index in [1.54, 1.807) is 0 Å². The quantitative estimate of drug-likeness (QED) is 0.321. The van der Waals surface area contributed by atoms with Crippen LogP contribution in [0.2, 0.25) is 18.1 Å². The minimum atomic E-state index is -1.72. The van der Waals surface area contributed by atoms with Gasteiger partial charge in [0, 0.05) is 12.5 Å². The fourth-order valence-corrected chi connectivity index (χ4v) is 6.20. The van der Waals surface area contributed by atoms with Crippen LogP contribution in [-0.4, -0.2) is 44.1 Å². The van der Waals surface area contributed by atoms with Gasteiger partial charge in [0.2, 0.25) is 0 Å². The van der Waals surface area contributed by atoms with Gasteiger partial charge in [0.15, 0.2) is 14.1 Å². The molecule has 1 saturated heterocycles. The molecule has 192 valence electrons. The zero-order chi connectivity index (χ0) is 25.1.